The highest BCUT2D eigenvalue weighted by atomic mass is 16.2. The Bertz CT molecular complexity index is 636. The molecule has 1 aliphatic rings. The van der Waals surface area contributed by atoms with Gasteiger partial charge in [-0.3, -0.25) is 4.79 Å². The lowest BCUT2D eigenvalue weighted by molar-refractivity contribution is -0.137. The van der Waals surface area contributed by atoms with Crippen LogP contribution in [-0.2, 0) is 4.79 Å². The molecule has 2 aromatic heterocycles. The largest absolute Gasteiger partial charge is 0.366 e. The van der Waals surface area contributed by atoms with E-state index in [1.54, 1.807) is 17.2 Å². The van der Waals surface area contributed by atoms with Crippen LogP contribution in [0.1, 0.15) is 32.7 Å². The average Bonchev–Trinajstić information content (AvgIpc) is 3.10. The highest BCUT2D eigenvalue weighted by Crippen LogP contribution is 2.22. The summed E-state index contributed by atoms with van der Waals surface area (Å²) >= 11 is 0. The third kappa shape index (κ3) is 3.69. The molecule has 0 aromatic carbocycles. The van der Waals surface area contributed by atoms with Crippen molar-refractivity contribution in [1.29, 1.82) is 0 Å². The second-order valence-corrected chi connectivity index (χ2v) is 6.42. The Balaban J connectivity index is 1.58. The van der Waals surface area contributed by atoms with Crippen molar-refractivity contribution in [1.82, 2.24) is 29.9 Å². The normalized spacial score (nSPS) is 17.0. The summed E-state index contributed by atoms with van der Waals surface area (Å²) in [5, 5.41) is 15.5. The van der Waals surface area contributed by atoms with E-state index in [-0.39, 0.29) is 17.9 Å². The standard InChI is InChI=1S/C16H23N7O/c1-12(2)15(23-11-17-10-19-23)16(24)22-8-5-13(6-9-22)20-14-4-3-7-18-21-14/h3-4,7,10-13,15H,5-6,8-9H2,1-2H3,(H,20,21)/t15-/m0/s1. The summed E-state index contributed by atoms with van der Waals surface area (Å²) in [5.74, 6) is 1.06. The Morgan fingerprint density at radius 1 is 1.33 bits per heavy atom. The first-order chi connectivity index (χ1) is 11.6. The maximum absolute atomic E-state index is 12.9. The van der Waals surface area contributed by atoms with Gasteiger partial charge in [-0.15, -0.1) is 5.10 Å². The van der Waals surface area contributed by atoms with Gasteiger partial charge in [0.2, 0.25) is 5.91 Å². The minimum absolute atomic E-state index is 0.119. The SMILES string of the molecule is CC(C)[C@@H](C(=O)N1CCC(Nc2cccnn2)CC1)n1cncn1. The maximum atomic E-state index is 12.9. The van der Waals surface area contributed by atoms with E-state index in [2.05, 4.69) is 25.6 Å². The fourth-order valence-corrected chi connectivity index (χ4v) is 3.08. The van der Waals surface area contributed by atoms with Gasteiger partial charge in [0.1, 0.15) is 24.5 Å². The van der Waals surface area contributed by atoms with Crippen LogP contribution in [0.15, 0.2) is 31.0 Å². The molecule has 8 nitrogen and oxygen atoms in total. The summed E-state index contributed by atoms with van der Waals surface area (Å²) in [7, 11) is 0. The van der Waals surface area contributed by atoms with Crippen molar-refractivity contribution in [2.24, 2.45) is 5.92 Å². The van der Waals surface area contributed by atoms with Crippen molar-refractivity contribution in [3.63, 3.8) is 0 Å². The monoisotopic (exact) mass is 329 g/mol. The number of hydrogen-bond donors (Lipinski definition) is 1. The molecule has 1 aliphatic heterocycles. The first-order valence-corrected chi connectivity index (χ1v) is 8.32. The zero-order valence-corrected chi connectivity index (χ0v) is 14.0. The zero-order chi connectivity index (χ0) is 16.9. The molecule has 0 unspecified atom stereocenters. The lowest BCUT2D eigenvalue weighted by Gasteiger charge is -2.35. The van der Waals surface area contributed by atoms with Crippen LogP contribution >= 0.6 is 0 Å². The molecule has 3 rings (SSSR count). The molecule has 1 N–H and O–H groups in total. The van der Waals surface area contributed by atoms with Crippen LogP contribution in [0.3, 0.4) is 0 Å². The molecule has 1 amide bonds. The predicted octanol–water partition coefficient (Wildman–Crippen LogP) is 1.37. The van der Waals surface area contributed by atoms with Crippen LogP contribution in [0.5, 0.6) is 0 Å². The molecule has 0 aliphatic carbocycles. The Labute approximate surface area is 141 Å². The predicted molar refractivity (Wildman–Crippen MR) is 89.2 cm³/mol. The van der Waals surface area contributed by atoms with Crippen molar-refractivity contribution in [3.8, 4) is 0 Å². The van der Waals surface area contributed by atoms with E-state index in [0.29, 0.717) is 6.04 Å². The van der Waals surface area contributed by atoms with Gasteiger partial charge in [-0.25, -0.2) is 9.67 Å². The number of nitrogens with one attached hydrogen (secondary N) is 1. The molecular formula is C16H23N7O. The van der Waals surface area contributed by atoms with Crippen LogP contribution in [-0.4, -0.2) is 54.9 Å². The minimum Gasteiger partial charge on any atom is -0.366 e. The van der Waals surface area contributed by atoms with Gasteiger partial charge < -0.3 is 10.2 Å². The van der Waals surface area contributed by atoms with Gasteiger partial charge >= 0.3 is 0 Å². The van der Waals surface area contributed by atoms with Gasteiger partial charge in [0, 0.05) is 25.3 Å². The van der Waals surface area contributed by atoms with Gasteiger partial charge in [-0.1, -0.05) is 13.8 Å². The maximum Gasteiger partial charge on any atom is 0.247 e. The van der Waals surface area contributed by atoms with Crippen molar-refractivity contribution in [2.75, 3.05) is 18.4 Å². The van der Waals surface area contributed by atoms with Gasteiger partial charge in [0.05, 0.1) is 0 Å². The first kappa shape index (κ1) is 16.4. The summed E-state index contributed by atoms with van der Waals surface area (Å²) in [6.07, 6.45) is 6.53. The van der Waals surface area contributed by atoms with Crippen molar-refractivity contribution in [3.05, 3.63) is 31.0 Å². The summed E-state index contributed by atoms with van der Waals surface area (Å²) in [5.41, 5.74) is 0. The summed E-state index contributed by atoms with van der Waals surface area (Å²) in [6, 6.07) is 3.79. The molecule has 0 bridgehead atoms. The molecule has 1 atom stereocenters. The van der Waals surface area contributed by atoms with Gasteiger partial charge in [0.25, 0.3) is 0 Å². The van der Waals surface area contributed by atoms with Gasteiger partial charge in [-0.2, -0.15) is 10.2 Å². The summed E-state index contributed by atoms with van der Waals surface area (Å²) < 4.78 is 1.66. The lowest BCUT2D eigenvalue weighted by atomic mass is 9.99. The fourth-order valence-electron chi connectivity index (χ4n) is 3.08. The van der Waals surface area contributed by atoms with Crippen molar-refractivity contribution < 1.29 is 4.79 Å². The minimum atomic E-state index is -0.294. The number of rotatable bonds is 5. The Morgan fingerprint density at radius 2 is 2.12 bits per heavy atom. The second-order valence-electron chi connectivity index (χ2n) is 6.42. The summed E-state index contributed by atoms with van der Waals surface area (Å²) in [6.45, 7) is 5.53. The number of nitrogens with zero attached hydrogens (tertiary/aromatic N) is 6. The number of amides is 1. The smallest absolute Gasteiger partial charge is 0.247 e. The Morgan fingerprint density at radius 3 is 2.71 bits per heavy atom. The molecule has 0 saturated carbocycles. The molecule has 128 valence electrons. The summed E-state index contributed by atoms with van der Waals surface area (Å²) in [4.78, 5) is 18.8. The molecule has 2 aromatic rings. The third-order valence-corrected chi connectivity index (χ3v) is 4.34. The number of likely N-dealkylation sites (tertiary alicyclic amines) is 1. The van der Waals surface area contributed by atoms with Crippen LogP contribution in [0.25, 0.3) is 0 Å². The topological polar surface area (TPSA) is 88.8 Å². The number of aromatic nitrogens is 5. The molecule has 0 spiro atoms. The van der Waals surface area contributed by atoms with E-state index >= 15 is 0 Å². The number of carbonyl (C=O) groups excluding carboxylic acids is 1. The average molecular weight is 329 g/mol. The molecule has 24 heavy (non-hydrogen) atoms. The van der Waals surface area contributed by atoms with Gasteiger partial charge in [-0.05, 0) is 30.9 Å². The van der Waals surface area contributed by atoms with Crippen LogP contribution in [0, 0.1) is 5.92 Å². The molecule has 1 fully saturated rings. The van der Waals surface area contributed by atoms with Crippen molar-refractivity contribution >= 4 is 11.7 Å². The number of anilines is 1. The van der Waals surface area contributed by atoms with E-state index in [9.17, 15) is 4.79 Å². The van der Waals surface area contributed by atoms with Crippen LogP contribution < -0.4 is 5.32 Å². The zero-order valence-electron chi connectivity index (χ0n) is 14.0. The Kier molecular flexibility index (Phi) is 5.02. The number of carbonyl (C=O) groups is 1. The highest BCUT2D eigenvalue weighted by Gasteiger charge is 2.31. The first-order valence-electron chi connectivity index (χ1n) is 8.32. The van der Waals surface area contributed by atoms with Crippen LogP contribution in [0.2, 0.25) is 0 Å². The molecule has 1 saturated heterocycles. The molecule has 0 radical (unpaired) electrons. The number of piperidine rings is 1. The molecule has 3 heterocycles. The van der Waals surface area contributed by atoms with E-state index in [0.717, 1.165) is 31.7 Å². The van der Waals surface area contributed by atoms with Gasteiger partial charge in [0.15, 0.2) is 0 Å². The lowest BCUT2D eigenvalue weighted by Crippen LogP contribution is -2.46. The van der Waals surface area contributed by atoms with E-state index in [1.165, 1.54) is 6.33 Å². The van der Waals surface area contributed by atoms with Crippen molar-refractivity contribution in [2.45, 2.75) is 38.8 Å². The second kappa shape index (κ2) is 7.37. The van der Waals surface area contributed by atoms with E-state index < -0.39 is 0 Å². The van der Waals surface area contributed by atoms with E-state index in [4.69, 9.17) is 0 Å². The van der Waals surface area contributed by atoms with E-state index in [1.807, 2.05) is 30.9 Å². The van der Waals surface area contributed by atoms with Crippen LogP contribution in [0.4, 0.5) is 5.82 Å². The molecule has 8 heteroatoms. The fraction of sp³-hybridized carbons (Fsp3) is 0.562. The number of hydrogen-bond acceptors (Lipinski definition) is 6. The quantitative estimate of drug-likeness (QED) is 0.891. The highest BCUT2D eigenvalue weighted by molar-refractivity contribution is 5.80. The Hall–Kier alpha value is -2.51. The third-order valence-electron chi connectivity index (χ3n) is 4.34. The molecular weight excluding hydrogens is 306 g/mol.